The van der Waals surface area contributed by atoms with E-state index in [0.717, 1.165) is 19.3 Å². The second kappa shape index (κ2) is 19.3. The largest absolute Gasteiger partial charge is 0.481 e. The lowest BCUT2D eigenvalue weighted by atomic mass is 9.99. The van der Waals surface area contributed by atoms with E-state index < -0.39 is 5.97 Å². The number of carboxylic acids is 1. The minimum atomic E-state index is -0.792. The first kappa shape index (κ1) is 26.9. The quantitative estimate of drug-likeness (QED) is 0.220. The second-order valence-corrected chi connectivity index (χ2v) is 8.82. The van der Waals surface area contributed by atoms with Crippen molar-refractivity contribution in [1.29, 1.82) is 0 Å². The standard InChI is InChI=1S/C24H47NO3/c1-4-5-6-7-8-9-10-11-12-13-14-15-16-17-23(26)25-22(20-21(2)3)18-19-24(27)28/h21-22H,4-20H2,1-3H3,(H,25,26)(H,27,28)/t22-/m0/s1. The normalized spacial score (nSPS) is 12.3. The van der Waals surface area contributed by atoms with Crippen LogP contribution in [0.15, 0.2) is 0 Å². The summed E-state index contributed by atoms with van der Waals surface area (Å²) in [5.41, 5.74) is 0. The molecule has 0 aliphatic heterocycles. The van der Waals surface area contributed by atoms with Gasteiger partial charge in [0.15, 0.2) is 0 Å². The van der Waals surface area contributed by atoms with Crippen molar-refractivity contribution in [3.8, 4) is 0 Å². The molecule has 0 aromatic carbocycles. The predicted molar refractivity (Wildman–Crippen MR) is 119 cm³/mol. The maximum atomic E-state index is 12.1. The summed E-state index contributed by atoms with van der Waals surface area (Å²) in [6, 6.07) is -0.00873. The Kier molecular flexibility index (Phi) is 18.5. The Balaban J connectivity index is 3.57. The first-order valence-electron chi connectivity index (χ1n) is 12.0. The van der Waals surface area contributed by atoms with Crippen molar-refractivity contribution in [2.75, 3.05) is 0 Å². The molecule has 0 aliphatic carbocycles. The third-order valence-electron chi connectivity index (χ3n) is 5.34. The molecule has 0 heterocycles. The minimum Gasteiger partial charge on any atom is -0.481 e. The Morgan fingerprint density at radius 2 is 1.21 bits per heavy atom. The molecule has 0 aromatic heterocycles. The van der Waals surface area contributed by atoms with Crippen molar-refractivity contribution in [2.24, 2.45) is 5.92 Å². The lowest BCUT2D eigenvalue weighted by molar-refractivity contribution is -0.137. The fraction of sp³-hybridized carbons (Fsp3) is 0.917. The van der Waals surface area contributed by atoms with Crippen molar-refractivity contribution in [1.82, 2.24) is 5.32 Å². The highest BCUT2D eigenvalue weighted by molar-refractivity contribution is 5.76. The number of carboxylic acid groups (broad SMARTS) is 1. The van der Waals surface area contributed by atoms with Crippen molar-refractivity contribution in [3.63, 3.8) is 0 Å². The van der Waals surface area contributed by atoms with Crippen molar-refractivity contribution < 1.29 is 14.7 Å². The highest BCUT2D eigenvalue weighted by atomic mass is 16.4. The summed E-state index contributed by atoms with van der Waals surface area (Å²) in [7, 11) is 0. The molecule has 28 heavy (non-hydrogen) atoms. The molecule has 2 N–H and O–H groups in total. The zero-order valence-corrected chi connectivity index (χ0v) is 18.9. The van der Waals surface area contributed by atoms with Gasteiger partial charge in [-0.1, -0.05) is 97.8 Å². The smallest absolute Gasteiger partial charge is 0.303 e. The molecular formula is C24H47NO3. The Labute approximate surface area is 174 Å². The van der Waals surface area contributed by atoms with Gasteiger partial charge in [-0.25, -0.2) is 0 Å². The maximum absolute atomic E-state index is 12.1. The summed E-state index contributed by atoms with van der Waals surface area (Å²) in [5.74, 6) is -0.256. The molecule has 1 amide bonds. The molecular weight excluding hydrogens is 350 g/mol. The van der Waals surface area contributed by atoms with Gasteiger partial charge in [0.25, 0.3) is 0 Å². The molecule has 0 saturated carbocycles. The van der Waals surface area contributed by atoms with Crippen LogP contribution >= 0.6 is 0 Å². The monoisotopic (exact) mass is 397 g/mol. The number of aliphatic carboxylic acids is 1. The van der Waals surface area contributed by atoms with E-state index in [0.29, 0.717) is 18.8 Å². The van der Waals surface area contributed by atoms with Gasteiger partial charge >= 0.3 is 5.97 Å². The van der Waals surface area contributed by atoms with Crippen LogP contribution in [0.1, 0.15) is 130 Å². The van der Waals surface area contributed by atoms with Gasteiger partial charge in [-0.2, -0.15) is 0 Å². The molecule has 0 unspecified atom stereocenters. The van der Waals surface area contributed by atoms with Gasteiger partial charge < -0.3 is 10.4 Å². The summed E-state index contributed by atoms with van der Waals surface area (Å²) in [4.78, 5) is 22.9. The molecule has 0 aliphatic rings. The van der Waals surface area contributed by atoms with Crippen LogP contribution in [0.2, 0.25) is 0 Å². The Bertz CT molecular complexity index is 382. The average Bonchev–Trinajstić information content (AvgIpc) is 2.63. The molecule has 0 radical (unpaired) electrons. The van der Waals surface area contributed by atoms with Crippen molar-refractivity contribution in [3.05, 3.63) is 0 Å². The molecule has 166 valence electrons. The van der Waals surface area contributed by atoms with E-state index in [2.05, 4.69) is 26.1 Å². The molecule has 4 nitrogen and oxygen atoms in total. The van der Waals surface area contributed by atoms with E-state index in [1.165, 1.54) is 70.6 Å². The molecule has 0 aromatic rings. The number of unbranched alkanes of at least 4 members (excludes halogenated alkanes) is 12. The van der Waals surface area contributed by atoms with Crippen LogP contribution in [0.4, 0.5) is 0 Å². The zero-order valence-electron chi connectivity index (χ0n) is 18.9. The molecule has 0 spiro atoms. The van der Waals surface area contributed by atoms with Crippen LogP contribution in [-0.2, 0) is 9.59 Å². The van der Waals surface area contributed by atoms with Gasteiger partial charge in [0.2, 0.25) is 5.91 Å². The zero-order chi connectivity index (χ0) is 21.0. The van der Waals surface area contributed by atoms with Gasteiger partial charge in [0.1, 0.15) is 0 Å². The third kappa shape index (κ3) is 19.7. The molecule has 4 heteroatoms. The van der Waals surface area contributed by atoms with Gasteiger partial charge in [0.05, 0.1) is 0 Å². The third-order valence-corrected chi connectivity index (χ3v) is 5.34. The fourth-order valence-electron chi connectivity index (χ4n) is 3.72. The first-order chi connectivity index (χ1) is 13.5. The highest BCUT2D eigenvalue weighted by Crippen LogP contribution is 2.14. The van der Waals surface area contributed by atoms with E-state index in [-0.39, 0.29) is 18.4 Å². The van der Waals surface area contributed by atoms with Crippen LogP contribution in [0, 0.1) is 5.92 Å². The molecule has 0 bridgehead atoms. The van der Waals surface area contributed by atoms with E-state index in [4.69, 9.17) is 5.11 Å². The number of carbonyl (C=O) groups is 2. The fourth-order valence-corrected chi connectivity index (χ4v) is 3.72. The van der Waals surface area contributed by atoms with Gasteiger partial charge in [-0.3, -0.25) is 9.59 Å². The topological polar surface area (TPSA) is 66.4 Å². The molecule has 1 atom stereocenters. The summed E-state index contributed by atoms with van der Waals surface area (Å²) in [5, 5.41) is 11.9. The van der Waals surface area contributed by atoms with E-state index in [9.17, 15) is 9.59 Å². The van der Waals surface area contributed by atoms with Crippen LogP contribution in [0.25, 0.3) is 0 Å². The highest BCUT2D eigenvalue weighted by Gasteiger charge is 2.15. The van der Waals surface area contributed by atoms with Gasteiger partial charge in [-0.15, -0.1) is 0 Å². The Morgan fingerprint density at radius 3 is 1.64 bits per heavy atom. The van der Waals surface area contributed by atoms with E-state index in [1.54, 1.807) is 0 Å². The summed E-state index contributed by atoms with van der Waals surface area (Å²) >= 11 is 0. The van der Waals surface area contributed by atoms with Crippen LogP contribution in [0.5, 0.6) is 0 Å². The number of hydrogen-bond donors (Lipinski definition) is 2. The van der Waals surface area contributed by atoms with Crippen LogP contribution < -0.4 is 5.32 Å². The Morgan fingerprint density at radius 1 is 0.750 bits per heavy atom. The van der Waals surface area contributed by atoms with Crippen molar-refractivity contribution >= 4 is 11.9 Å². The van der Waals surface area contributed by atoms with E-state index >= 15 is 0 Å². The number of amides is 1. The minimum absolute atomic E-state index is 0.00873. The van der Waals surface area contributed by atoms with Gasteiger partial charge in [0, 0.05) is 18.9 Å². The predicted octanol–water partition coefficient (Wildman–Crippen LogP) is 6.86. The molecule has 0 saturated heterocycles. The number of carbonyl (C=O) groups excluding carboxylic acids is 1. The van der Waals surface area contributed by atoms with Crippen LogP contribution in [0.3, 0.4) is 0 Å². The summed E-state index contributed by atoms with van der Waals surface area (Å²) in [6.07, 6.45) is 19.0. The Hall–Kier alpha value is -1.06. The number of hydrogen-bond acceptors (Lipinski definition) is 2. The van der Waals surface area contributed by atoms with Gasteiger partial charge in [-0.05, 0) is 25.2 Å². The first-order valence-corrected chi connectivity index (χ1v) is 12.0. The lowest BCUT2D eigenvalue weighted by Crippen LogP contribution is -2.36. The molecule has 0 rings (SSSR count). The van der Waals surface area contributed by atoms with Crippen molar-refractivity contribution in [2.45, 2.75) is 136 Å². The maximum Gasteiger partial charge on any atom is 0.303 e. The lowest BCUT2D eigenvalue weighted by Gasteiger charge is -2.20. The SMILES string of the molecule is CCCCCCCCCCCCCCCC(=O)N[C@@H](CCC(=O)O)CC(C)C. The van der Waals surface area contributed by atoms with Crippen LogP contribution in [-0.4, -0.2) is 23.0 Å². The number of nitrogens with one attached hydrogen (secondary N) is 1. The molecule has 0 fully saturated rings. The second-order valence-electron chi connectivity index (χ2n) is 8.82. The average molecular weight is 398 g/mol. The number of rotatable bonds is 20. The summed E-state index contributed by atoms with van der Waals surface area (Å²) < 4.78 is 0. The summed E-state index contributed by atoms with van der Waals surface area (Å²) in [6.45, 7) is 6.47. The van der Waals surface area contributed by atoms with E-state index in [1.807, 2.05) is 0 Å².